The van der Waals surface area contributed by atoms with Crippen LogP contribution in [-0.2, 0) is 26.2 Å². The molecule has 6 heteroatoms. The fourth-order valence-corrected chi connectivity index (χ4v) is 5.46. The van der Waals surface area contributed by atoms with E-state index in [9.17, 15) is 0 Å². The maximum Gasteiger partial charge on any atom is 4.00 e. The van der Waals surface area contributed by atoms with E-state index in [0.29, 0.717) is 0 Å². The Bertz CT molecular complexity index is 410. The fourth-order valence-electron chi connectivity index (χ4n) is 2.76. The fraction of sp³-hybridized carbons (Fsp3) is 0.444. The molecule has 2 heterocycles. The van der Waals surface area contributed by atoms with Crippen LogP contribution in [0, 0.1) is 24.7 Å². The largest absolute Gasteiger partial charge is 4.00 e. The van der Waals surface area contributed by atoms with E-state index < -0.39 is 0 Å². The van der Waals surface area contributed by atoms with E-state index in [4.69, 9.17) is 0 Å². The molecule has 0 aromatic carbocycles. The molecule has 0 spiro atoms. The van der Waals surface area contributed by atoms with E-state index in [1.165, 1.54) is 25.2 Å². The summed E-state index contributed by atoms with van der Waals surface area (Å²) >= 11 is 0. The second-order valence-corrected chi connectivity index (χ2v) is 9.43. The second kappa shape index (κ2) is 16.7. The molecule has 0 aromatic rings. The molecule has 2 aliphatic heterocycles. The number of halogens is 2. The smallest absolute Gasteiger partial charge is 1.00 e. The maximum absolute atomic E-state index is 2.45. The van der Waals surface area contributed by atoms with Gasteiger partial charge in [0.15, 0.2) is 0 Å². The second-order valence-electron chi connectivity index (χ2n) is 5.60. The number of fused-ring (bicyclic) bond motifs is 2. The summed E-state index contributed by atoms with van der Waals surface area (Å²) in [4.78, 5) is 0. The SMILES string of the molecule is C1=CCC2[CH-]CPC2=C1.C1=CCC2[CH-]CPC2=C1.C[SiH]C.[Cl-].[Cl-].[Zr+4]. The molecular weight excluding hydrogens is 468 g/mol. The van der Waals surface area contributed by atoms with Crippen molar-refractivity contribution in [3.8, 4) is 0 Å². The van der Waals surface area contributed by atoms with E-state index in [1.807, 2.05) is 0 Å². The summed E-state index contributed by atoms with van der Waals surface area (Å²) in [6, 6.07) is 0. The predicted octanol–water partition coefficient (Wildman–Crippen LogP) is -0.790. The van der Waals surface area contributed by atoms with Gasteiger partial charge in [0.2, 0.25) is 0 Å². The van der Waals surface area contributed by atoms with E-state index in [0.717, 1.165) is 38.5 Å². The summed E-state index contributed by atoms with van der Waals surface area (Å²) in [6.07, 6.45) is 23.6. The molecule has 4 aliphatic rings. The van der Waals surface area contributed by atoms with Crippen LogP contribution in [0.4, 0.5) is 0 Å². The van der Waals surface area contributed by atoms with Crippen molar-refractivity contribution in [1.29, 1.82) is 0 Å². The average Bonchev–Trinajstić information content (AvgIpc) is 3.17. The van der Waals surface area contributed by atoms with Gasteiger partial charge in [0.05, 0.1) is 0 Å². The van der Waals surface area contributed by atoms with Crippen molar-refractivity contribution in [3.63, 3.8) is 0 Å². The molecule has 4 rings (SSSR count). The number of hydrogen-bond acceptors (Lipinski definition) is 0. The standard InChI is InChI=1S/2C8H10P.C2H7Si.2ClH.Zr/c2*1-2-4-8-7(3-1)5-6-9-8;1-3-2;;;/h2*1-2,4-5,7,9H,3,6H2;3H,1-2H3;2*1H;/q2*-1;;;;+4/p-2. The molecule has 4 atom stereocenters. The minimum absolute atomic E-state index is 0. The average molecular weight is 496 g/mol. The van der Waals surface area contributed by atoms with Gasteiger partial charge in [-0.15, -0.1) is 29.0 Å². The van der Waals surface area contributed by atoms with Gasteiger partial charge in [-0.25, -0.2) is 0 Å². The first-order chi connectivity index (χ1) is 10.3. The van der Waals surface area contributed by atoms with Gasteiger partial charge in [0.1, 0.15) is 0 Å². The van der Waals surface area contributed by atoms with Gasteiger partial charge in [-0.1, -0.05) is 73.0 Å². The van der Waals surface area contributed by atoms with Gasteiger partial charge in [0, 0.05) is 9.52 Å². The van der Waals surface area contributed by atoms with Crippen LogP contribution < -0.4 is 24.8 Å². The molecule has 24 heavy (non-hydrogen) atoms. The Kier molecular flexibility index (Phi) is 19.2. The third-order valence-corrected chi connectivity index (χ3v) is 6.59. The van der Waals surface area contributed by atoms with Gasteiger partial charge in [-0.3, -0.25) is 0 Å². The van der Waals surface area contributed by atoms with Gasteiger partial charge in [-0.2, -0.15) is 12.3 Å². The van der Waals surface area contributed by atoms with Crippen molar-refractivity contribution < 1.29 is 51.0 Å². The van der Waals surface area contributed by atoms with E-state index in [-0.39, 0.29) is 51.0 Å². The van der Waals surface area contributed by atoms with Gasteiger partial charge < -0.3 is 37.7 Å². The molecule has 4 unspecified atom stereocenters. The third kappa shape index (κ3) is 9.44. The Hall–Kier alpha value is 1.50. The van der Waals surface area contributed by atoms with Crippen LogP contribution in [0.25, 0.3) is 0 Å². The van der Waals surface area contributed by atoms with Crippen molar-refractivity contribution in [2.75, 3.05) is 12.3 Å². The Balaban J connectivity index is 0. The first-order valence-corrected chi connectivity index (χ1v) is 12.7. The predicted molar refractivity (Wildman–Crippen MR) is 105 cm³/mol. The summed E-state index contributed by atoms with van der Waals surface area (Å²) in [6.45, 7) is 4.42. The minimum atomic E-state index is 0. The van der Waals surface area contributed by atoms with Gasteiger partial charge in [-0.05, 0) is 0 Å². The molecule has 2 saturated heterocycles. The topological polar surface area (TPSA) is 0 Å². The van der Waals surface area contributed by atoms with Crippen molar-refractivity contribution in [2.45, 2.75) is 25.9 Å². The van der Waals surface area contributed by atoms with Crippen LogP contribution in [0.2, 0.25) is 13.1 Å². The number of allylic oxidation sites excluding steroid dienone is 8. The Morgan fingerprint density at radius 3 is 1.58 bits per heavy atom. The molecule has 1 radical (unpaired) electrons. The monoisotopic (exact) mass is 493 g/mol. The maximum atomic E-state index is 2.45. The summed E-state index contributed by atoms with van der Waals surface area (Å²) in [5.74, 6) is 1.65. The molecule has 131 valence electrons. The minimum Gasteiger partial charge on any atom is -1.00 e. The zero-order valence-electron chi connectivity index (χ0n) is 14.4. The zero-order valence-corrected chi connectivity index (χ0v) is 21.6. The molecule has 0 amide bonds. The molecule has 0 nitrogen and oxygen atoms in total. The van der Waals surface area contributed by atoms with Crippen molar-refractivity contribution in [1.82, 2.24) is 0 Å². The van der Waals surface area contributed by atoms with Crippen molar-refractivity contribution >= 4 is 26.7 Å². The molecule has 2 fully saturated rings. The summed E-state index contributed by atoms with van der Waals surface area (Å²) < 4.78 is 0. The van der Waals surface area contributed by atoms with E-state index in [2.05, 4.69) is 62.4 Å². The molecule has 0 bridgehead atoms. The van der Waals surface area contributed by atoms with Crippen LogP contribution in [0.3, 0.4) is 0 Å². The zero-order chi connectivity index (χ0) is 14.9. The number of hydrogen-bond donors (Lipinski definition) is 0. The van der Waals surface area contributed by atoms with Crippen LogP contribution >= 0.6 is 17.2 Å². The van der Waals surface area contributed by atoms with E-state index >= 15 is 0 Å². The Morgan fingerprint density at radius 2 is 1.25 bits per heavy atom. The van der Waals surface area contributed by atoms with Crippen LogP contribution in [-0.4, -0.2) is 21.8 Å². The quantitative estimate of drug-likeness (QED) is 0.235. The van der Waals surface area contributed by atoms with Gasteiger partial charge in [0.25, 0.3) is 0 Å². The van der Waals surface area contributed by atoms with Crippen molar-refractivity contribution in [3.05, 3.63) is 59.9 Å². The molecule has 0 saturated carbocycles. The summed E-state index contributed by atoms with van der Waals surface area (Å²) in [5, 5.41) is 3.36. The van der Waals surface area contributed by atoms with Gasteiger partial charge >= 0.3 is 26.2 Å². The van der Waals surface area contributed by atoms with Crippen LogP contribution in [0.1, 0.15) is 12.8 Å². The third-order valence-electron chi connectivity index (χ3n) is 3.82. The molecule has 0 aromatic heterocycles. The first kappa shape index (κ1) is 27.7. The number of rotatable bonds is 0. The molecular formula is C18H27Cl2P2SiZr. The molecule has 2 aliphatic carbocycles. The Labute approximate surface area is 186 Å². The Morgan fingerprint density at radius 1 is 0.875 bits per heavy atom. The molecule has 0 N–H and O–H groups in total. The summed E-state index contributed by atoms with van der Waals surface area (Å²) in [5.41, 5.74) is 0. The van der Waals surface area contributed by atoms with Crippen LogP contribution in [0.15, 0.2) is 47.1 Å². The van der Waals surface area contributed by atoms with E-state index in [1.54, 1.807) is 10.6 Å². The van der Waals surface area contributed by atoms with Crippen molar-refractivity contribution in [2.24, 2.45) is 11.8 Å². The summed E-state index contributed by atoms with van der Waals surface area (Å²) in [7, 11) is 2.93. The normalized spacial score (nSPS) is 26.8. The first-order valence-electron chi connectivity index (χ1n) is 7.97. The van der Waals surface area contributed by atoms with Crippen LogP contribution in [0.5, 0.6) is 0 Å².